The predicted molar refractivity (Wildman–Crippen MR) is 501 cm³/mol. The Bertz CT molecular complexity index is 5480. The number of likely N-dealkylation sites (tertiary alicyclic amines) is 3. The van der Waals surface area contributed by atoms with Crippen LogP contribution in [-0.4, -0.2) is 221 Å². The Morgan fingerprint density at radius 2 is 0.687 bits per heavy atom. The number of urea groups is 1. The molecule has 30 nitrogen and oxygen atoms in total. The molecule has 147 heavy (non-hydrogen) atoms. The van der Waals surface area contributed by atoms with E-state index in [-0.39, 0.29) is 122 Å². The second-order valence-electron chi connectivity index (χ2n) is 38.9. The highest BCUT2D eigenvalue weighted by Crippen LogP contribution is 2.46. The molecule has 0 radical (unpaired) electrons. The zero-order chi connectivity index (χ0) is 107. The molecule has 3 unspecified atom stereocenters. The summed E-state index contributed by atoms with van der Waals surface area (Å²) in [4.78, 5) is 127. The van der Waals surface area contributed by atoms with E-state index in [1.54, 1.807) is 73.0 Å². The number of aliphatic hydroxyl groups excluding tert-OH is 1. The summed E-state index contributed by atoms with van der Waals surface area (Å²) in [6, 6.07) is 1.60. The lowest BCUT2D eigenvalue weighted by molar-refractivity contribution is -0.149. The lowest BCUT2D eigenvalue weighted by Gasteiger charge is -2.48. The topological polar surface area (TPSA) is 349 Å². The van der Waals surface area contributed by atoms with Gasteiger partial charge in [0, 0.05) is 162 Å². The molecule has 5 amide bonds. The molecule has 3 aliphatic carbocycles. The summed E-state index contributed by atoms with van der Waals surface area (Å²) in [6.45, 7) is 11.8. The Morgan fingerprint density at radius 3 is 0.966 bits per heavy atom. The molecule has 7 fully saturated rings. The molecule has 806 valence electrons. The summed E-state index contributed by atoms with van der Waals surface area (Å²) in [7, 11) is 3.38. The van der Waals surface area contributed by atoms with Gasteiger partial charge in [-0.2, -0.15) is 71.0 Å². The molecular formula is C100H123F17N16O14. The molecule has 3 saturated carbocycles. The number of hydrogen-bond acceptors (Lipinski definition) is 21. The second-order valence-corrected chi connectivity index (χ2v) is 38.9. The summed E-state index contributed by atoms with van der Waals surface area (Å²) in [5, 5.41) is 41.1. The highest BCUT2D eigenvalue weighted by atomic mass is 19.4. The van der Waals surface area contributed by atoms with Crippen LogP contribution in [0.4, 0.5) is 117 Å². The van der Waals surface area contributed by atoms with Crippen LogP contribution in [0.15, 0.2) is 104 Å². The minimum Gasteiger partial charge on any atom is -0.481 e. The number of aryl methyl sites for hydroxylation is 2. The number of hydrogen-bond donors (Lipinski definition) is 4. The van der Waals surface area contributed by atoms with Gasteiger partial charge in [0.2, 0.25) is 17.8 Å². The first-order chi connectivity index (χ1) is 69.2. The standard InChI is InChI=1S/C34H42F6N6O5.C34H45F5N4O5.C32H36F6N6O4/c1-4-24-15-26(16-25(5-2)46(24)32(50)51-28-8-6-21(7-9-28)29(47)48)45(30-41-17-27(18-42-30)44-11-10-43(3)31(44)49)19-20-12-22(33(35,36)37)14-23(13-20)34(38,39)40;1-4-26-16-28(17-27(5-2)43(26)32(47)48-29-10-8-23(9-11-29)30(45)46)42(31-40-18-21(19-41-31)7-6-12-44)20-22-13-24(33(3,35)36)15-25(14-22)34(37,38)39;1-4-24-11-26(12-25(5-2)44(24)30(47)48-27-8-19(9-27)28(45)46)43(29-39-13-20(14-40-29)21-15-41-42(3)17-21)16-18-6-22(31(33,34)35)10-23(7-18)32(36,37)38/h12-14,17-18,21,24-26,28H,4-11,15-16,19H2,1-3H3,(H,47,48);13-15,18-19,23,26-29,44H,4-12,16-17,20H2,1-3H3,(H,45,46);6-7,10,13-15,17,19,24-27H,4-5,8-9,11-12,16H2,1-3H3,(H,45,46)/t21?,24-,25+,26?,28?;23?,26-,27+,28?,29?;19?,24-,25+,26?,27?. The first kappa shape index (κ1) is 113. The second kappa shape index (κ2) is 47.9. The van der Waals surface area contributed by atoms with Crippen LogP contribution in [0.3, 0.4) is 0 Å². The largest absolute Gasteiger partial charge is 0.481 e. The maximum Gasteiger partial charge on any atom is 0.416 e. The zero-order valence-corrected chi connectivity index (χ0v) is 82.6. The maximum absolute atomic E-state index is 14.4. The number of nitrogens with zero attached hydrogens (tertiary/aromatic N) is 16. The number of aliphatic carboxylic acids is 3. The van der Waals surface area contributed by atoms with Crippen LogP contribution in [0.1, 0.15) is 252 Å². The third kappa shape index (κ3) is 28.8. The van der Waals surface area contributed by atoms with E-state index < -0.39 is 167 Å². The smallest absolute Gasteiger partial charge is 0.416 e. The van der Waals surface area contributed by atoms with Gasteiger partial charge in [-0.15, -0.1) is 0 Å². The van der Waals surface area contributed by atoms with Crippen LogP contribution in [0, 0.1) is 17.8 Å². The molecule has 0 spiro atoms. The number of carboxylic acid groups (broad SMARTS) is 3. The van der Waals surface area contributed by atoms with E-state index in [0.29, 0.717) is 208 Å². The fraction of sp³-hybridized carbons (Fsp3) is 0.600. The van der Waals surface area contributed by atoms with Crippen LogP contribution in [0.2, 0.25) is 0 Å². The summed E-state index contributed by atoms with van der Waals surface area (Å²) in [5.74, 6) is -7.31. The van der Waals surface area contributed by atoms with Crippen LogP contribution >= 0.6 is 0 Å². The van der Waals surface area contributed by atoms with Crippen molar-refractivity contribution in [2.75, 3.05) is 46.3 Å². The van der Waals surface area contributed by atoms with Gasteiger partial charge in [-0.05, 0) is 231 Å². The number of anilines is 4. The Kier molecular flexibility index (Phi) is 37.0. The molecule has 14 rings (SSSR count). The highest BCUT2D eigenvalue weighted by Gasteiger charge is 2.50. The van der Waals surface area contributed by atoms with Gasteiger partial charge in [0.25, 0.3) is 5.92 Å². The summed E-state index contributed by atoms with van der Waals surface area (Å²) in [6.07, 6.45) is -5.57. The number of aromatic nitrogens is 8. The predicted octanol–water partition coefficient (Wildman–Crippen LogP) is 21.5. The van der Waals surface area contributed by atoms with E-state index in [0.717, 1.165) is 17.7 Å². The number of amides is 5. The van der Waals surface area contributed by atoms with Crippen molar-refractivity contribution >= 4 is 65.8 Å². The average Bonchev–Trinajstić information content (AvgIpc) is 0.926. The van der Waals surface area contributed by atoms with E-state index in [2.05, 4.69) is 35.0 Å². The molecule has 7 aliphatic rings. The minimum absolute atomic E-state index is 0.0186. The van der Waals surface area contributed by atoms with Gasteiger partial charge in [-0.1, -0.05) is 41.5 Å². The van der Waals surface area contributed by atoms with E-state index in [9.17, 15) is 129 Å². The van der Waals surface area contributed by atoms with Gasteiger partial charge < -0.3 is 68.9 Å². The van der Waals surface area contributed by atoms with Crippen LogP contribution in [0.5, 0.6) is 0 Å². The molecule has 4 aromatic heterocycles. The number of carbonyl (C=O) groups is 7. The lowest BCUT2D eigenvalue weighted by atomic mass is 9.82. The van der Waals surface area contributed by atoms with Crippen molar-refractivity contribution in [1.29, 1.82) is 0 Å². The first-order valence-electron chi connectivity index (χ1n) is 49.4. The molecule has 4 saturated heterocycles. The highest BCUT2D eigenvalue weighted by molar-refractivity contribution is 5.93. The Hall–Kier alpha value is -12.2. The fourth-order valence-corrected chi connectivity index (χ4v) is 20.6. The van der Waals surface area contributed by atoms with Gasteiger partial charge in [0.05, 0.1) is 69.8 Å². The van der Waals surface area contributed by atoms with Crippen molar-refractivity contribution in [3.63, 3.8) is 0 Å². The SMILES string of the molecule is CC[C@@H]1CC(N(Cc2cc(C(C)(F)F)cc(C(F)(F)F)c2)c2ncc(CCCO)cn2)C[C@H](CC)N1C(=O)OC1CCC(C(=O)O)CC1.CC[C@@H]1CC(N(Cc2cc(C(F)(F)F)cc(C(F)(F)F)c2)c2ncc(-c3cnn(C)c3)cn2)C[C@H](CC)N1C(=O)OC1CC(C(=O)O)C1.CC[C@@H]1CC(N(Cc2cc(C(F)(F)F)cc(C(F)(F)F)c2)c2ncc(N3CCN(C)C3=O)cn2)C[C@H](CC)N1C(=O)OC1CCC(C(=O)O)CC1. The summed E-state index contributed by atoms with van der Waals surface area (Å²) >= 11 is 0. The van der Waals surface area contributed by atoms with Crippen molar-refractivity contribution in [2.45, 2.75) is 332 Å². The van der Waals surface area contributed by atoms with Gasteiger partial charge >= 0.3 is 73.1 Å². The number of rotatable bonds is 30. The van der Waals surface area contributed by atoms with Crippen LogP contribution in [-0.2, 0) is 98.5 Å². The Balaban J connectivity index is 0.000000196. The molecule has 7 aromatic rings. The number of piperidine rings is 3. The average molecular weight is 2100 g/mol. The Morgan fingerprint density at radius 1 is 0.381 bits per heavy atom. The van der Waals surface area contributed by atoms with Crippen molar-refractivity contribution in [3.05, 3.63) is 160 Å². The number of alkyl halides is 17. The third-order valence-corrected chi connectivity index (χ3v) is 28.8. The zero-order valence-electron chi connectivity index (χ0n) is 82.6. The van der Waals surface area contributed by atoms with E-state index in [1.165, 1.54) is 34.6 Å². The number of benzene rings is 3. The van der Waals surface area contributed by atoms with Crippen LogP contribution < -0.4 is 19.6 Å². The van der Waals surface area contributed by atoms with E-state index >= 15 is 0 Å². The summed E-state index contributed by atoms with van der Waals surface area (Å²) in [5.41, 5.74) is -5.62. The van der Waals surface area contributed by atoms with Crippen LogP contribution in [0.25, 0.3) is 11.1 Å². The molecule has 8 heterocycles. The fourth-order valence-electron chi connectivity index (χ4n) is 20.6. The number of halogens is 17. The van der Waals surface area contributed by atoms with Gasteiger partial charge in [0.1, 0.15) is 18.3 Å². The first-order valence-corrected chi connectivity index (χ1v) is 49.4. The minimum atomic E-state index is -5.03. The maximum atomic E-state index is 14.4. The van der Waals surface area contributed by atoms with Gasteiger partial charge in [-0.3, -0.25) is 24.0 Å². The number of aliphatic hydroxyl groups is 1. The molecule has 0 bridgehead atoms. The quantitative estimate of drug-likeness (QED) is 0.0240. The number of ether oxygens (including phenoxy) is 3. The van der Waals surface area contributed by atoms with Gasteiger partial charge in [-0.25, -0.2) is 57.9 Å². The number of likely N-dealkylation sites (N-methyl/N-ethyl adjacent to an activating group) is 1. The van der Waals surface area contributed by atoms with E-state index in [1.807, 2.05) is 41.5 Å². The Labute approximate surface area is 838 Å². The molecule has 9 atom stereocenters. The normalized spacial score (nSPS) is 23.7. The van der Waals surface area contributed by atoms with Gasteiger partial charge in [0.15, 0.2) is 0 Å². The molecule has 4 aliphatic heterocycles. The third-order valence-electron chi connectivity index (χ3n) is 28.8. The van der Waals surface area contributed by atoms with E-state index in [4.69, 9.17) is 14.2 Å². The van der Waals surface area contributed by atoms with Crippen molar-refractivity contribution < 1.29 is 143 Å². The lowest BCUT2D eigenvalue weighted by Crippen LogP contribution is -2.57. The van der Waals surface area contributed by atoms with Crippen molar-refractivity contribution in [1.82, 2.24) is 59.3 Å². The number of carbonyl (C=O) groups excluding carboxylic acids is 4. The molecular weight excluding hydrogens is 1970 g/mol. The van der Waals surface area contributed by atoms with Crippen molar-refractivity contribution in [2.24, 2.45) is 24.8 Å². The number of carboxylic acids is 3. The molecule has 47 heteroatoms. The molecule has 3 aromatic carbocycles. The van der Waals surface area contributed by atoms with Crippen molar-refractivity contribution in [3.8, 4) is 11.1 Å². The molecule has 4 N–H and O–H groups in total. The monoisotopic (exact) mass is 2090 g/mol. The summed E-state index contributed by atoms with van der Waals surface area (Å²) < 4.78 is 255.